The first kappa shape index (κ1) is 12.3. The Kier molecular flexibility index (Phi) is 3.33. The molecule has 1 saturated heterocycles. The molecule has 1 heterocycles. The largest absolute Gasteiger partial charge is 0.468 e. The van der Waals surface area contributed by atoms with E-state index in [4.69, 9.17) is 9.47 Å². The van der Waals surface area contributed by atoms with Crippen LogP contribution >= 0.6 is 0 Å². The van der Waals surface area contributed by atoms with Crippen molar-refractivity contribution in [2.75, 3.05) is 20.3 Å². The van der Waals surface area contributed by atoms with E-state index in [1.165, 1.54) is 7.11 Å². The second-order valence-corrected chi connectivity index (χ2v) is 4.79. The van der Waals surface area contributed by atoms with Gasteiger partial charge in [0.1, 0.15) is 0 Å². The number of rotatable bonds is 2. The summed E-state index contributed by atoms with van der Waals surface area (Å²) in [6.07, 6.45) is 3.86. The molecule has 0 radical (unpaired) electrons. The molecule has 0 aromatic carbocycles. The molecule has 0 N–H and O–H groups in total. The maximum absolute atomic E-state index is 12.2. The first-order chi connectivity index (χ1) is 8.16. The summed E-state index contributed by atoms with van der Waals surface area (Å²) in [5.74, 6) is -0.392. The zero-order valence-electron chi connectivity index (χ0n) is 10.1. The number of fused-ring (bicyclic) bond motifs is 2. The molecule has 1 saturated carbocycles. The molecule has 3 atom stereocenters. The van der Waals surface area contributed by atoms with E-state index < -0.39 is 11.4 Å². The number of ketones is 1. The monoisotopic (exact) mass is 238 g/mol. The Bertz CT molecular complexity index is 339. The van der Waals surface area contributed by atoms with Crippen LogP contribution in [0.4, 0.5) is 0 Å². The lowest BCUT2D eigenvalue weighted by Gasteiger charge is -2.40. The number of carbonyl (C=O) groups excluding carboxylic acids is 2. The summed E-state index contributed by atoms with van der Waals surface area (Å²) in [6, 6.07) is 0. The van der Waals surface area contributed by atoms with E-state index in [0.717, 1.165) is 12.8 Å². The number of esters is 1. The van der Waals surface area contributed by atoms with Crippen LogP contribution in [0.2, 0.25) is 0 Å². The van der Waals surface area contributed by atoms with E-state index in [-0.39, 0.29) is 18.3 Å². The van der Waals surface area contributed by atoms with Crippen molar-refractivity contribution < 1.29 is 19.1 Å². The zero-order valence-corrected chi connectivity index (χ0v) is 10.1. The number of allylic oxidation sites excluding steroid dienone is 1. The van der Waals surface area contributed by atoms with Gasteiger partial charge in [0.25, 0.3) is 0 Å². The second-order valence-electron chi connectivity index (χ2n) is 4.79. The van der Waals surface area contributed by atoms with Gasteiger partial charge >= 0.3 is 5.97 Å². The number of carbonyl (C=O) groups is 2. The van der Waals surface area contributed by atoms with E-state index >= 15 is 0 Å². The molecule has 2 fully saturated rings. The van der Waals surface area contributed by atoms with Crippen molar-refractivity contribution >= 4 is 11.8 Å². The minimum atomic E-state index is -1.14. The lowest BCUT2D eigenvalue weighted by molar-refractivity contribution is -0.167. The maximum atomic E-state index is 12.2. The molecule has 1 aliphatic carbocycles. The summed E-state index contributed by atoms with van der Waals surface area (Å²) in [5.41, 5.74) is -1.14. The van der Waals surface area contributed by atoms with E-state index in [1.54, 1.807) is 6.08 Å². The Balaban J connectivity index is 2.47. The van der Waals surface area contributed by atoms with Crippen LogP contribution in [0, 0.1) is 17.3 Å². The molecule has 0 spiro atoms. The molecule has 0 aromatic rings. The number of hydrogen-bond donors (Lipinski definition) is 0. The lowest BCUT2D eigenvalue weighted by atomic mass is 9.61. The fourth-order valence-electron chi connectivity index (χ4n) is 3.16. The summed E-state index contributed by atoms with van der Waals surface area (Å²) in [6.45, 7) is 4.52. The van der Waals surface area contributed by atoms with Gasteiger partial charge in [-0.05, 0) is 18.8 Å². The predicted molar refractivity (Wildman–Crippen MR) is 61.3 cm³/mol. The standard InChI is InChI=1S/C13H18O4/c1-3-10-9-4-5-11(14)13(10,12(15)16-2)8-17-7-6-9/h3,9-10H,1,4-8H2,2H3. The number of hydrogen-bond acceptors (Lipinski definition) is 4. The van der Waals surface area contributed by atoms with Gasteiger partial charge < -0.3 is 9.47 Å². The average molecular weight is 238 g/mol. The molecular formula is C13H18O4. The van der Waals surface area contributed by atoms with Crippen LogP contribution in [0.15, 0.2) is 12.7 Å². The third-order valence-corrected chi connectivity index (χ3v) is 4.08. The van der Waals surface area contributed by atoms with Crippen molar-refractivity contribution in [3.63, 3.8) is 0 Å². The number of Topliss-reactive ketones (excluding diaryl/α,β-unsaturated/α-hetero) is 1. The Morgan fingerprint density at radius 1 is 1.59 bits per heavy atom. The van der Waals surface area contributed by atoms with Crippen LogP contribution in [0.25, 0.3) is 0 Å². The van der Waals surface area contributed by atoms with Gasteiger partial charge in [0.2, 0.25) is 0 Å². The lowest BCUT2D eigenvalue weighted by Crippen LogP contribution is -2.53. The van der Waals surface area contributed by atoms with Gasteiger partial charge in [0.15, 0.2) is 11.2 Å². The minimum Gasteiger partial charge on any atom is -0.468 e. The van der Waals surface area contributed by atoms with Gasteiger partial charge in [-0.3, -0.25) is 9.59 Å². The van der Waals surface area contributed by atoms with Gasteiger partial charge in [-0.25, -0.2) is 0 Å². The first-order valence-electron chi connectivity index (χ1n) is 5.99. The molecule has 2 aliphatic rings. The first-order valence-corrected chi connectivity index (χ1v) is 5.99. The molecule has 0 aromatic heterocycles. The molecule has 94 valence electrons. The van der Waals surface area contributed by atoms with Crippen LogP contribution < -0.4 is 0 Å². The third kappa shape index (κ3) is 1.71. The summed E-state index contributed by atoms with van der Waals surface area (Å²) >= 11 is 0. The second kappa shape index (κ2) is 4.61. The molecular weight excluding hydrogens is 220 g/mol. The molecule has 3 unspecified atom stereocenters. The SMILES string of the molecule is C=CC1C2CCOCC1(C(=O)OC)C(=O)CC2. The number of ether oxygens (including phenoxy) is 2. The molecule has 4 heteroatoms. The summed E-state index contributed by atoms with van der Waals surface area (Å²) in [5, 5.41) is 0. The van der Waals surface area contributed by atoms with Gasteiger partial charge in [0, 0.05) is 18.9 Å². The topological polar surface area (TPSA) is 52.6 Å². The van der Waals surface area contributed by atoms with Gasteiger partial charge in [-0.2, -0.15) is 0 Å². The number of methoxy groups -OCH3 is 1. The Hall–Kier alpha value is -1.16. The highest BCUT2D eigenvalue weighted by atomic mass is 16.5. The van der Waals surface area contributed by atoms with E-state index in [9.17, 15) is 9.59 Å². The molecule has 2 bridgehead atoms. The molecule has 0 amide bonds. The van der Waals surface area contributed by atoms with Crippen molar-refractivity contribution in [1.29, 1.82) is 0 Å². The van der Waals surface area contributed by atoms with Gasteiger partial charge in [-0.15, -0.1) is 6.58 Å². The van der Waals surface area contributed by atoms with Crippen molar-refractivity contribution in [2.24, 2.45) is 17.3 Å². The fourth-order valence-corrected chi connectivity index (χ4v) is 3.16. The highest BCUT2D eigenvalue weighted by Crippen LogP contribution is 2.47. The third-order valence-electron chi connectivity index (χ3n) is 4.08. The van der Waals surface area contributed by atoms with E-state index in [0.29, 0.717) is 18.9 Å². The zero-order chi connectivity index (χ0) is 12.5. The maximum Gasteiger partial charge on any atom is 0.322 e. The quantitative estimate of drug-likeness (QED) is 0.414. The van der Waals surface area contributed by atoms with Crippen molar-refractivity contribution in [1.82, 2.24) is 0 Å². The summed E-state index contributed by atoms with van der Waals surface area (Å²) in [4.78, 5) is 24.3. The molecule has 1 aliphatic heterocycles. The highest BCUT2D eigenvalue weighted by molar-refractivity contribution is 6.05. The van der Waals surface area contributed by atoms with Crippen LogP contribution in [-0.2, 0) is 19.1 Å². The van der Waals surface area contributed by atoms with Crippen LogP contribution in [0.3, 0.4) is 0 Å². The van der Waals surface area contributed by atoms with E-state index in [1.807, 2.05) is 0 Å². The normalized spacial score (nSPS) is 37.1. The summed E-state index contributed by atoms with van der Waals surface area (Å²) < 4.78 is 10.3. The molecule has 2 rings (SSSR count). The molecule has 17 heavy (non-hydrogen) atoms. The minimum absolute atomic E-state index is 0.0626. The predicted octanol–water partition coefficient (Wildman–Crippen LogP) is 1.35. The van der Waals surface area contributed by atoms with Crippen molar-refractivity contribution in [2.45, 2.75) is 19.3 Å². The fraction of sp³-hybridized carbons (Fsp3) is 0.692. The highest BCUT2D eigenvalue weighted by Gasteiger charge is 2.57. The van der Waals surface area contributed by atoms with Crippen LogP contribution in [-0.4, -0.2) is 32.1 Å². The smallest absolute Gasteiger partial charge is 0.322 e. The van der Waals surface area contributed by atoms with Gasteiger partial charge in [-0.1, -0.05) is 6.08 Å². The van der Waals surface area contributed by atoms with E-state index in [2.05, 4.69) is 6.58 Å². The van der Waals surface area contributed by atoms with Crippen molar-refractivity contribution in [3.8, 4) is 0 Å². The summed E-state index contributed by atoms with van der Waals surface area (Å²) in [7, 11) is 1.32. The van der Waals surface area contributed by atoms with Crippen LogP contribution in [0.1, 0.15) is 19.3 Å². The Morgan fingerprint density at radius 2 is 2.35 bits per heavy atom. The van der Waals surface area contributed by atoms with Crippen LogP contribution in [0.5, 0.6) is 0 Å². The van der Waals surface area contributed by atoms with Gasteiger partial charge in [0.05, 0.1) is 13.7 Å². The Labute approximate surface area is 101 Å². The Morgan fingerprint density at radius 3 is 3.00 bits per heavy atom. The van der Waals surface area contributed by atoms with Crippen molar-refractivity contribution in [3.05, 3.63) is 12.7 Å². The average Bonchev–Trinajstić information content (AvgIpc) is 2.49. The molecule has 4 nitrogen and oxygen atoms in total.